The Bertz CT molecular complexity index is 681. The van der Waals surface area contributed by atoms with Crippen molar-refractivity contribution in [2.24, 2.45) is 0 Å². The van der Waals surface area contributed by atoms with Crippen molar-refractivity contribution in [2.75, 3.05) is 0 Å². The van der Waals surface area contributed by atoms with Crippen LogP contribution in [0.3, 0.4) is 0 Å². The lowest BCUT2D eigenvalue weighted by molar-refractivity contribution is -0.146. The first-order chi connectivity index (χ1) is 9.56. The Morgan fingerprint density at radius 2 is 2.30 bits per heavy atom. The minimum atomic E-state index is -0.214. The fraction of sp³-hybridized carbons (Fsp3) is 0.333. The van der Waals surface area contributed by atoms with Gasteiger partial charge in [-0.25, -0.2) is 4.98 Å². The number of fused-ring (bicyclic) bond motifs is 1. The Morgan fingerprint density at radius 3 is 2.95 bits per heavy atom. The van der Waals surface area contributed by atoms with Crippen LogP contribution >= 0.6 is 27.3 Å². The Morgan fingerprint density at radius 1 is 1.50 bits per heavy atom. The highest BCUT2D eigenvalue weighted by Gasteiger charge is 2.27. The molecule has 0 spiro atoms. The summed E-state index contributed by atoms with van der Waals surface area (Å²) in [6.45, 7) is 3.59. The topological polar surface area (TPSA) is 39.2 Å². The van der Waals surface area contributed by atoms with Gasteiger partial charge < -0.3 is 4.74 Å². The SMILES string of the molecule is CC(=O)O[C@@H]1CCc2c1ccc(-c1ncc(Br)s1)c2C. The van der Waals surface area contributed by atoms with Gasteiger partial charge in [0.15, 0.2) is 0 Å². The maximum absolute atomic E-state index is 11.1. The van der Waals surface area contributed by atoms with Crippen LogP contribution in [0.2, 0.25) is 0 Å². The number of aromatic nitrogens is 1. The number of ether oxygens (including phenoxy) is 1. The van der Waals surface area contributed by atoms with E-state index in [1.807, 2.05) is 6.20 Å². The van der Waals surface area contributed by atoms with Crippen LogP contribution < -0.4 is 0 Å². The summed E-state index contributed by atoms with van der Waals surface area (Å²) in [5, 5.41) is 1.02. The molecule has 20 heavy (non-hydrogen) atoms. The van der Waals surface area contributed by atoms with Gasteiger partial charge in [-0.1, -0.05) is 12.1 Å². The van der Waals surface area contributed by atoms with E-state index in [0.717, 1.165) is 27.2 Å². The van der Waals surface area contributed by atoms with E-state index in [9.17, 15) is 4.79 Å². The molecule has 104 valence electrons. The summed E-state index contributed by atoms with van der Waals surface area (Å²) >= 11 is 5.08. The predicted octanol–water partition coefficient (Wildman–Crippen LogP) is 4.43. The Labute approximate surface area is 130 Å². The molecule has 1 aromatic heterocycles. The molecule has 0 bridgehead atoms. The van der Waals surface area contributed by atoms with Crippen LogP contribution in [-0.2, 0) is 16.0 Å². The Kier molecular flexibility index (Phi) is 3.65. The van der Waals surface area contributed by atoms with Gasteiger partial charge in [0.25, 0.3) is 0 Å². The minimum Gasteiger partial charge on any atom is -0.458 e. The number of benzene rings is 1. The zero-order chi connectivity index (χ0) is 14.3. The first-order valence-corrected chi connectivity index (χ1v) is 8.08. The van der Waals surface area contributed by atoms with Crippen LogP contribution in [0, 0.1) is 6.92 Å². The number of rotatable bonds is 2. The van der Waals surface area contributed by atoms with Crippen LogP contribution in [0.1, 0.15) is 36.1 Å². The van der Waals surface area contributed by atoms with Crippen molar-refractivity contribution in [1.29, 1.82) is 0 Å². The quantitative estimate of drug-likeness (QED) is 0.751. The monoisotopic (exact) mass is 351 g/mol. The number of carbonyl (C=O) groups is 1. The van der Waals surface area contributed by atoms with Gasteiger partial charge in [0.05, 0.1) is 9.98 Å². The highest BCUT2D eigenvalue weighted by Crippen LogP contribution is 2.40. The van der Waals surface area contributed by atoms with Crippen molar-refractivity contribution < 1.29 is 9.53 Å². The average molecular weight is 352 g/mol. The molecule has 0 saturated carbocycles. The van der Waals surface area contributed by atoms with E-state index in [0.29, 0.717) is 0 Å². The summed E-state index contributed by atoms with van der Waals surface area (Å²) in [4.78, 5) is 15.6. The summed E-state index contributed by atoms with van der Waals surface area (Å²) in [6, 6.07) is 4.16. The van der Waals surface area contributed by atoms with Crippen LogP contribution in [-0.4, -0.2) is 11.0 Å². The van der Waals surface area contributed by atoms with Crippen molar-refractivity contribution in [3.05, 3.63) is 38.8 Å². The highest BCUT2D eigenvalue weighted by molar-refractivity contribution is 9.11. The molecular formula is C15H14BrNO2S. The maximum atomic E-state index is 11.1. The van der Waals surface area contributed by atoms with E-state index >= 15 is 0 Å². The molecule has 0 aliphatic heterocycles. The van der Waals surface area contributed by atoms with Gasteiger partial charge in [0, 0.05) is 12.5 Å². The number of hydrogen-bond donors (Lipinski definition) is 0. The van der Waals surface area contributed by atoms with E-state index < -0.39 is 0 Å². The molecule has 1 aromatic carbocycles. The lowest BCUT2D eigenvalue weighted by Gasteiger charge is -2.13. The molecule has 5 heteroatoms. The molecular weight excluding hydrogens is 338 g/mol. The fourth-order valence-corrected chi connectivity index (χ4v) is 4.06. The molecule has 0 N–H and O–H groups in total. The van der Waals surface area contributed by atoms with E-state index in [1.165, 1.54) is 23.6 Å². The highest BCUT2D eigenvalue weighted by atomic mass is 79.9. The van der Waals surface area contributed by atoms with E-state index in [1.54, 1.807) is 11.3 Å². The molecule has 0 unspecified atom stereocenters. The lowest BCUT2D eigenvalue weighted by atomic mass is 9.99. The lowest BCUT2D eigenvalue weighted by Crippen LogP contribution is -2.05. The van der Waals surface area contributed by atoms with Crippen molar-refractivity contribution in [2.45, 2.75) is 32.8 Å². The molecule has 3 rings (SSSR count). The van der Waals surface area contributed by atoms with Crippen molar-refractivity contribution in [3.63, 3.8) is 0 Å². The zero-order valence-corrected chi connectivity index (χ0v) is 13.7. The second-order valence-corrected chi connectivity index (χ2v) is 7.32. The molecule has 1 aliphatic rings. The second kappa shape index (κ2) is 5.30. The number of thiazole rings is 1. The van der Waals surface area contributed by atoms with E-state index in [2.05, 4.69) is 40.0 Å². The fourth-order valence-electron chi connectivity index (χ4n) is 2.78. The average Bonchev–Trinajstić information content (AvgIpc) is 2.97. The van der Waals surface area contributed by atoms with Gasteiger partial charge in [-0.15, -0.1) is 11.3 Å². The van der Waals surface area contributed by atoms with Crippen molar-refractivity contribution in [3.8, 4) is 10.6 Å². The van der Waals surface area contributed by atoms with E-state index in [4.69, 9.17) is 4.74 Å². The van der Waals surface area contributed by atoms with Crippen LogP contribution in [0.25, 0.3) is 10.6 Å². The van der Waals surface area contributed by atoms with Gasteiger partial charge in [0.2, 0.25) is 0 Å². The summed E-state index contributed by atoms with van der Waals surface area (Å²) in [6.07, 6.45) is 3.58. The third kappa shape index (κ3) is 2.40. The Hall–Kier alpha value is -1.20. The maximum Gasteiger partial charge on any atom is 0.303 e. The number of hydrogen-bond acceptors (Lipinski definition) is 4. The summed E-state index contributed by atoms with van der Waals surface area (Å²) < 4.78 is 6.42. The number of halogens is 1. The largest absolute Gasteiger partial charge is 0.458 e. The first-order valence-electron chi connectivity index (χ1n) is 6.47. The number of nitrogens with zero attached hydrogens (tertiary/aromatic N) is 1. The molecule has 3 nitrogen and oxygen atoms in total. The standard InChI is InChI=1S/C15H14BrNO2S/c1-8-10-5-6-13(19-9(2)18)12(10)4-3-11(8)15-17-7-14(16)20-15/h3-4,7,13H,5-6H2,1-2H3/t13-/m1/s1. The minimum absolute atomic E-state index is 0.0849. The molecule has 1 aliphatic carbocycles. The van der Waals surface area contributed by atoms with Gasteiger partial charge in [-0.05, 0) is 52.4 Å². The molecule has 0 amide bonds. The second-order valence-electron chi connectivity index (χ2n) is 4.91. The molecule has 0 saturated heterocycles. The van der Waals surface area contributed by atoms with Crippen molar-refractivity contribution in [1.82, 2.24) is 4.98 Å². The molecule has 1 heterocycles. The summed E-state index contributed by atoms with van der Waals surface area (Å²) in [5.41, 5.74) is 4.87. The smallest absolute Gasteiger partial charge is 0.303 e. The zero-order valence-electron chi connectivity index (χ0n) is 11.3. The van der Waals surface area contributed by atoms with Crippen LogP contribution in [0.5, 0.6) is 0 Å². The first kappa shape index (κ1) is 13.8. The van der Waals surface area contributed by atoms with Gasteiger partial charge in [0.1, 0.15) is 11.1 Å². The molecule has 2 aromatic rings. The Balaban J connectivity index is 2.01. The number of carbonyl (C=O) groups excluding carboxylic acids is 1. The molecule has 0 radical (unpaired) electrons. The predicted molar refractivity (Wildman–Crippen MR) is 82.8 cm³/mol. The third-order valence-corrected chi connectivity index (χ3v) is 5.16. The van der Waals surface area contributed by atoms with Crippen LogP contribution in [0.4, 0.5) is 0 Å². The summed E-state index contributed by atoms with van der Waals surface area (Å²) in [7, 11) is 0. The molecule has 0 fully saturated rings. The molecule has 1 atom stereocenters. The van der Waals surface area contributed by atoms with Gasteiger partial charge in [-0.3, -0.25) is 4.79 Å². The third-order valence-electron chi connectivity index (χ3n) is 3.65. The van der Waals surface area contributed by atoms with Crippen LogP contribution in [0.15, 0.2) is 22.1 Å². The normalized spacial score (nSPS) is 17.1. The summed E-state index contributed by atoms with van der Waals surface area (Å²) in [5.74, 6) is -0.214. The van der Waals surface area contributed by atoms with Gasteiger partial charge in [-0.2, -0.15) is 0 Å². The van der Waals surface area contributed by atoms with Crippen molar-refractivity contribution >= 4 is 33.2 Å². The van der Waals surface area contributed by atoms with E-state index in [-0.39, 0.29) is 12.1 Å². The van der Waals surface area contributed by atoms with Gasteiger partial charge >= 0.3 is 5.97 Å². The number of esters is 1.